The number of hydrogen-bond donors (Lipinski definition) is 5. The minimum atomic E-state index is -1.09. The molecule has 0 heterocycles. The highest BCUT2D eigenvalue weighted by molar-refractivity contribution is 5.94. The third kappa shape index (κ3) is 8.96. The average molecular weight is 470 g/mol. The lowest BCUT2D eigenvalue weighted by molar-refractivity contribution is -0.142. The fourth-order valence-corrected chi connectivity index (χ4v) is 3.49. The Morgan fingerprint density at radius 3 is 2.00 bits per heavy atom. The van der Waals surface area contributed by atoms with Crippen LogP contribution >= 0.6 is 0 Å². The fraction of sp³-hybridized carbons (Fsp3) is 0.423. The number of carbonyl (C=O) groups excluding carboxylic acids is 2. The summed E-state index contributed by atoms with van der Waals surface area (Å²) in [5.74, 6) is -1.75. The predicted molar refractivity (Wildman–Crippen MR) is 130 cm³/mol. The molecule has 0 aliphatic carbocycles. The molecule has 4 atom stereocenters. The molecule has 2 aromatic carbocycles. The maximum atomic E-state index is 13.0. The molecule has 34 heavy (non-hydrogen) atoms. The lowest BCUT2D eigenvalue weighted by Gasteiger charge is -2.25. The van der Waals surface area contributed by atoms with Gasteiger partial charge in [-0.15, -0.1) is 0 Å². The number of carboxylic acids is 1. The quantitative estimate of drug-likeness (QED) is 0.305. The molecule has 0 radical (unpaired) electrons. The second kappa shape index (κ2) is 13.5. The van der Waals surface area contributed by atoms with Crippen LogP contribution in [0.15, 0.2) is 60.7 Å². The van der Waals surface area contributed by atoms with Gasteiger partial charge in [-0.2, -0.15) is 0 Å². The van der Waals surface area contributed by atoms with Crippen molar-refractivity contribution in [1.29, 1.82) is 0 Å². The Kier molecular flexibility index (Phi) is 10.7. The molecular formula is C26H35N3O5. The van der Waals surface area contributed by atoms with Gasteiger partial charge >= 0.3 is 5.97 Å². The number of aliphatic carboxylic acids is 1. The van der Waals surface area contributed by atoms with Gasteiger partial charge in [0.2, 0.25) is 5.91 Å². The number of hydrogen-bond acceptors (Lipinski definition) is 5. The maximum Gasteiger partial charge on any atom is 0.326 e. The summed E-state index contributed by atoms with van der Waals surface area (Å²) in [6, 6.07) is 15.7. The lowest BCUT2D eigenvalue weighted by Crippen LogP contribution is -2.54. The van der Waals surface area contributed by atoms with Gasteiger partial charge in [0, 0.05) is 12.1 Å². The van der Waals surface area contributed by atoms with E-state index in [0.717, 1.165) is 5.56 Å². The van der Waals surface area contributed by atoms with E-state index in [2.05, 4.69) is 16.0 Å². The van der Waals surface area contributed by atoms with Gasteiger partial charge in [-0.25, -0.2) is 4.79 Å². The van der Waals surface area contributed by atoms with Crippen LogP contribution in [0, 0.1) is 5.92 Å². The second-order valence-electron chi connectivity index (χ2n) is 8.88. The van der Waals surface area contributed by atoms with Crippen molar-refractivity contribution in [2.75, 3.05) is 6.54 Å². The van der Waals surface area contributed by atoms with Gasteiger partial charge in [0.15, 0.2) is 0 Å². The summed E-state index contributed by atoms with van der Waals surface area (Å²) in [5, 5.41) is 28.5. The summed E-state index contributed by atoms with van der Waals surface area (Å²) >= 11 is 0. The molecule has 2 unspecified atom stereocenters. The first-order valence-corrected chi connectivity index (χ1v) is 11.5. The molecule has 0 aliphatic rings. The Morgan fingerprint density at radius 1 is 0.853 bits per heavy atom. The van der Waals surface area contributed by atoms with Crippen LogP contribution in [-0.4, -0.2) is 58.8 Å². The van der Waals surface area contributed by atoms with Gasteiger partial charge in [0.1, 0.15) is 6.04 Å². The highest BCUT2D eigenvalue weighted by Gasteiger charge is 2.27. The second-order valence-corrected chi connectivity index (χ2v) is 8.88. The van der Waals surface area contributed by atoms with Gasteiger partial charge in [0.25, 0.3) is 5.91 Å². The molecule has 2 amide bonds. The van der Waals surface area contributed by atoms with Gasteiger partial charge in [-0.3, -0.25) is 9.59 Å². The fourth-order valence-electron chi connectivity index (χ4n) is 3.49. The topological polar surface area (TPSA) is 128 Å². The van der Waals surface area contributed by atoms with E-state index >= 15 is 0 Å². The van der Waals surface area contributed by atoms with Crippen molar-refractivity contribution in [2.24, 2.45) is 5.92 Å². The van der Waals surface area contributed by atoms with E-state index in [1.165, 1.54) is 0 Å². The number of aliphatic hydroxyl groups is 1. The zero-order chi connectivity index (χ0) is 25.1. The van der Waals surface area contributed by atoms with E-state index in [1.807, 2.05) is 50.2 Å². The molecule has 0 saturated carbocycles. The minimum absolute atomic E-state index is 0.0308. The van der Waals surface area contributed by atoms with Gasteiger partial charge in [-0.1, -0.05) is 62.4 Å². The van der Waals surface area contributed by atoms with Crippen LogP contribution in [0.4, 0.5) is 0 Å². The zero-order valence-electron chi connectivity index (χ0n) is 19.9. The molecule has 0 fully saturated rings. The molecule has 0 bridgehead atoms. The van der Waals surface area contributed by atoms with Crippen LogP contribution in [0.1, 0.15) is 43.1 Å². The molecule has 2 aromatic rings. The molecule has 8 nitrogen and oxygen atoms in total. The average Bonchev–Trinajstić information content (AvgIpc) is 2.81. The first kappa shape index (κ1) is 27.0. The highest BCUT2D eigenvalue weighted by Crippen LogP contribution is 2.08. The van der Waals surface area contributed by atoms with Crippen LogP contribution in [-0.2, 0) is 16.0 Å². The largest absolute Gasteiger partial charge is 0.480 e. The van der Waals surface area contributed by atoms with Crippen molar-refractivity contribution in [1.82, 2.24) is 16.0 Å². The van der Waals surface area contributed by atoms with E-state index in [4.69, 9.17) is 0 Å². The van der Waals surface area contributed by atoms with Crippen molar-refractivity contribution in [3.8, 4) is 0 Å². The van der Waals surface area contributed by atoms with E-state index in [1.54, 1.807) is 31.2 Å². The highest BCUT2D eigenvalue weighted by atomic mass is 16.4. The Labute approximate surface area is 200 Å². The number of benzene rings is 2. The van der Waals surface area contributed by atoms with Crippen molar-refractivity contribution in [2.45, 2.75) is 57.8 Å². The van der Waals surface area contributed by atoms with Gasteiger partial charge in [0.05, 0.1) is 18.2 Å². The number of carboxylic acid groups (broad SMARTS) is 1. The van der Waals surface area contributed by atoms with Crippen LogP contribution in [0.3, 0.4) is 0 Å². The van der Waals surface area contributed by atoms with Crippen LogP contribution in [0.2, 0.25) is 0 Å². The minimum Gasteiger partial charge on any atom is -0.480 e. The molecule has 0 saturated heterocycles. The first-order valence-electron chi connectivity index (χ1n) is 11.5. The van der Waals surface area contributed by atoms with E-state index in [0.29, 0.717) is 18.4 Å². The summed E-state index contributed by atoms with van der Waals surface area (Å²) in [5.41, 5.74) is 1.38. The summed E-state index contributed by atoms with van der Waals surface area (Å²) < 4.78 is 0. The van der Waals surface area contributed by atoms with Crippen molar-refractivity contribution in [3.05, 3.63) is 71.8 Å². The van der Waals surface area contributed by atoms with Gasteiger partial charge in [-0.05, 0) is 43.4 Å². The summed E-state index contributed by atoms with van der Waals surface area (Å²) in [4.78, 5) is 37.0. The smallest absolute Gasteiger partial charge is 0.326 e. The van der Waals surface area contributed by atoms with Crippen molar-refractivity contribution in [3.63, 3.8) is 0 Å². The summed E-state index contributed by atoms with van der Waals surface area (Å²) in [7, 11) is 0. The third-order valence-electron chi connectivity index (χ3n) is 5.47. The van der Waals surface area contributed by atoms with Crippen LogP contribution in [0.5, 0.6) is 0 Å². The lowest BCUT2D eigenvalue weighted by atomic mass is 10.0. The number of aliphatic hydroxyl groups excluding tert-OH is 1. The Bertz CT molecular complexity index is 921. The van der Waals surface area contributed by atoms with Crippen LogP contribution in [0.25, 0.3) is 0 Å². The molecule has 184 valence electrons. The maximum absolute atomic E-state index is 13.0. The van der Waals surface area contributed by atoms with E-state index in [9.17, 15) is 24.6 Å². The Balaban J connectivity index is 2.03. The van der Waals surface area contributed by atoms with Crippen molar-refractivity contribution < 1.29 is 24.6 Å². The van der Waals surface area contributed by atoms with E-state index in [-0.39, 0.29) is 18.4 Å². The summed E-state index contributed by atoms with van der Waals surface area (Å²) in [6.07, 6.45) is -0.340. The van der Waals surface area contributed by atoms with Crippen LogP contribution < -0.4 is 16.0 Å². The molecule has 8 heteroatoms. The Morgan fingerprint density at radius 2 is 1.44 bits per heavy atom. The molecule has 2 rings (SSSR count). The van der Waals surface area contributed by atoms with E-state index < -0.39 is 36.1 Å². The normalized spacial score (nSPS) is 14.6. The number of carbonyl (C=O) groups is 3. The molecule has 5 N–H and O–H groups in total. The molecular weight excluding hydrogens is 434 g/mol. The number of nitrogens with one attached hydrogen (secondary N) is 3. The summed E-state index contributed by atoms with van der Waals surface area (Å²) in [6.45, 7) is 5.50. The standard InChI is InChI=1S/C26H35N3O5/c1-17(2)14-22(26(33)34)29-25(32)21(15-19-10-6-4-7-11-19)27-16-23(30)18(3)28-24(31)20-12-8-5-9-13-20/h4-13,17-18,21-23,27,30H,14-16H2,1-3H3,(H,28,31)(H,29,32)(H,33,34)/t18?,21-,22-,23?/m0/s1. The van der Waals surface area contributed by atoms with Crippen molar-refractivity contribution >= 4 is 17.8 Å². The molecule has 0 aromatic heterocycles. The Hall–Kier alpha value is -3.23. The number of rotatable bonds is 13. The number of amides is 2. The monoisotopic (exact) mass is 469 g/mol. The third-order valence-corrected chi connectivity index (χ3v) is 5.47. The van der Waals surface area contributed by atoms with Gasteiger partial charge < -0.3 is 26.2 Å². The molecule has 0 spiro atoms. The first-order chi connectivity index (χ1) is 16.2. The SMILES string of the molecule is CC(C)C[C@H](NC(=O)[C@H](Cc1ccccc1)NCC(O)C(C)NC(=O)c1ccccc1)C(=O)O. The molecule has 0 aliphatic heterocycles. The predicted octanol–water partition coefficient (Wildman–Crippen LogP) is 1.98. The zero-order valence-corrected chi connectivity index (χ0v) is 19.9.